The number of para-hydroxylation sites is 1. The summed E-state index contributed by atoms with van der Waals surface area (Å²) in [6, 6.07) is 22.1. The Labute approximate surface area is 175 Å². The Morgan fingerprint density at radius 1 is 0.966 bits per heavy atom. The number of hydrogen-bond acceptors (Lipinski definition) is 3. The summed E-state index contributed by atoms with van der Waals surface area (Å²) in [7, 11) is -3.95. The van der Waals surface area contributed by atoms with Gasteiger partial charge in [0.1, 0.15) is 4.90 Å². The van der Waals surface area contributed by atoms with Gasteiger partial charge in [-0.15, -0.1) is 0 Å². The largest absolute Gasteiger partial charge is 0.345 e. The van der Waals surface area contributed by atoms with E-state index in [1.807, 2.05) is 37.3 Å². The van der Waals surface area contributed by atoms with Gasteiger partial charge in [0.05, 0.1) is 11.1 Å². The summed E-state index contributed by atoms with van der Waals surface area (Å²) in [6.07, 6.45) is 0.698. The number of sulfonamides is 1. The lowest BCUT2D eigenvalue weighted by Crippen LogP contribution is -2.28. The summed E-state index contributed by atoms with van der Waals surface area (Å²) in [4.78, 5) is 12.6. The molecule has 3 aromatic carbocycles. The molecule has 1 atom stereocenters. The van der Waals surface area contributed by atoms with E-state index in [0.29, 0.717) is 12.1 Å². The van der Waals surface area contributed by atoms with Crippen LogP contribution in [0, 0.1) is 0 Å². The van der Waals surface area contributed by atoms with Crippen LogP contribution in [0.5, 0.6) is 0 Å². The summed E-state index contributed by atoms with van der Waals surface area (Å²) in [5, 5.41) is 2.99. The molecule has 0 heterocycles. The first-order valence-corrected chi connectivity index (χ1v) is 11.0. The maximum Gasteiger partial charge on any atom is 0.263 e. The predicted molar refractivity (Wildman–Crippen MR) is 116 cm³/mol. The Morgan fingerprint density at radius 3 is 2.21 bits per heavy atom. The van der Waals surface area contributed by atoms with Gasteiger partial charge in [0.15, 0.2) is 0 Å². The standard InChI is InChI=1S/C22H21ClN2O3S/c1-2-20(16-9-5-3-6-10-16)24-22(26)17-13-14-19(23)21(15-17)29(27,28)25-18-11-7-4-8-12-18/h3-15,20,25H,2H2,1H3,(H,24,26)/t20-/m1/s1. The summed E-state index contributed by atoms with van der Waals surface area (Å²) < 4.78 is 28.0. The van der Waals surface area contributed by atoms with Gasteiger partial charge in [-0.3, -0.25) is 9.52 Å². The molecule has 3 rings (SSSR count). The van der Waals surface area contributed by atoms with Crippen molar-refractivity contribution in [2.75, 3.05) is 4.72 Å². The Morgan fingerprint density at radius 2 is 1.59 bits per heavy atom. The molecule has 0 spiro atoms. The third kappa shape index (κ3) is 5.16. The van der Waals surface area contributed by atoms with Crippen LogP contribution in [0.4, 0.5) is 5.69 Å². The van der Waals surface area contributed by atoms with Crippen molar-refractivity contribution in [3.63, 3.8) is 0 Å². The molecule has 0 bridgehead atoms. The van der Waals surface area contributed by atoms with Crippen molar-refractivity contribution in [3.05, 3.63) is 95.0 Å². The second-order valence-corrected chi connectivity index (χ2v) is 8.52. The van der Waals surface area contributed by atoms with E-state index in [1.165, 1.54) is 18.2 Å². The van der Waals surface area contributed by atoms with E-state index in [9.17, 15) is 13.2 Å². The minimum Gasteiger partial charge on any atom is -0.345 e. The number of rotatable bonds is 7. The Bertz CT molecular complexity index is 1090. The van der Waals surface area contributed by atoms with Gasteiger partial charge in [-0.25, -0.2) is 8.42 Å². The summed E-state index contributed by atoms with van der Waals surface area (Å²) in [5.41, 5.74) is 1.61. The van der Waals surface area contributed by atoms with Crippen molar-refractivity contribution in [1.82, 2.24) is 5.32 Å². The van der Waals surface area contributed by atoms with Crippen molar-refractivity contribution >= 4 is 33.2 Å². The normalized spacial score (nSPS) is 12.2. The summed E-state index contributed by atoms with van der Waals surface area (Å²) in [6.45, 7) is 1.97. The highest BCUT2D eigenvalue weighted by molar-refractivity contribution is 7.92. The molecule has 0 aromatic heterocycles. The average Bonchev–Trinajstić information content (AvgIpc) is 2.73. The van der Waals surface area contributed by atoms with Gasteiger partial charge in [0, 0.05) is 11.3 Å². The zero-order valence-electron chi connectivity index (χ0n) is 15.8. The van der Waals surface area contributed by atoms with Gasteiger partial charge in [-0.2, -0.15) is 0 Å². The highest BCUT2D eigenvalue weighted by atomic mass is 35.5. The minimum absolute atomic E-state index is 0.0417. The van der Waals surface area contributed by atoms with Crippen molar-refractivity contribution < 1.29 is 13.2 Å². The van der Waals surface area contributed by atoms with Gasteiger partial charge >= 0.3 is 0 Å². The molecule has 0 unspecified atom stereocenters. The quantitative estimate of drug-likeness (QED) is 0.554. The second-order valence-electron chi connectivity index (χ2n) is 6.46. The number of hydrogen-bond donors (Lipinski definition) is 2. The van der Waals surface area contributed by atoms with Crippen LogP contribution in [0.1, 0.15) is 35.3 Å². The number of nitrogens with one attached hydrogen (secondary N) is 2. The minimum atomic E-state index is -3.95. The van der Waals surface area contributed by atoms with Crippen LogP contribution in [0.25, 0.3) is 0 Å². The lowest BCUT2D eigenvalue weighted by molar-refractivity contribution is 0.0935. The van der Waals surface area contributed by atoms with Gasteiger partial charge in [0.25, 0.3) is 15.9 Å². The smallest absolute Gasteiger partial charge is 0.263 e. The molecule has 150 valence electrons. The van der Waals surface area contributed by atoms with Gasteiger partial charge in [0.2, 0.25) is 0 Å². The monoisotopic (exact) mass is 428 g/mol. The van der Waals surface area contributed by atoms with Crippen molar-refractivity contribution in [2.24, 2.45) is 0 Å². The van der Waals surface area contributed by atoms with Crippen LogP contribution in [-0.4, -0.2) is 14.3 Å². The van der Waals surface area contributed by atoms with Gasteiger partial charge < -0.3 is 5.32 Å². The fraction of sp³-hybridized carbons (Fsp3) is 0.136. The van der Waals surface area contributed by atoms with Crippen LogP contribution in [0.3, 0.4) is 0 Å². The fourth-order valence-corrected chi connectivity index (χ4v) is 4.50. The molecule has 5 nitrogen and oxygen atoms in total. The molecule has 0 radical (unpaired) electrons. The van der Waals surface area contributed by atoms with Gasteiger partial charge in [-0.05, 0) is 42.3 Å². The molecule has 0 aliphatic rings. The summed E-state index contributed by atoms with van der Waals surface area (Å²) in [5.74, 6) is -0.367. The SMILES string of the molecule is CC[C@@H](NC(=O)c1ccc(Cl)c(S(=O)(=O)Nc2ccccc2)c1)c1ccccc1. The van der Waals surface area contributed by atoms with Crippen molar-refractivity contribution in [1.29, 1.82) is 0 Å². The van der Waals surface area contributed by atoms with Crippen LogP contribution in [0.15, 0.2) is 83.8 Å². The lowest BCUT2D eigenvalue weighted by atomic mass is 10.0. The highest BCUT2D eigenvalue weighted by Crippen LogP contribution is 2.26. The van der Waals surface area contributed by atoms with Crippen LogP contribution in [-0.2, 0) is 10.0 Å². The molecule has 3 aromatic rings. The molecular weight excluding hydrogens is 408 g/mol. The van der Waals surface area contributed by atoms with E-state index in [2.05, 4.69) is 10.0 Å². The lowest BCUT2D eigenvalue weighted by Gasteiger charge is -2.18. The van der Waals surface area contributed by atoms with Crippen LogP contribution < -0.4 is 10.0 Å². The van der Waals surface area contributed by atoms with Crippen LogP contribution in [0.2, 0.25) is 5.02 Å². The Balaban J connectivity index is 1.85. The maximum atomic E-state index is 12.8. The Hall–Kier alpha value is -2.83. The molecule has 0 aliphatic heterocycles. The first-order chi connectivity index (χ1) is 13.9. The number of amides is 1. The van der Waals surface area contributed by atoms with E-state index >= 15 is 0 Å². The number of anilines is 1. The molecular formula is C22H21ClN2O3S. The molecule has 1 amide bonds. The molecule has 0 aliphatic carbocycles. The zero-order valence-corrected chi connectivity index (χ0v) is 17.4. The second kappa shape index (κ2) is 9.11. The van der Waals surface area contributed by atoms with Crippen LogP contribution >= 0.6 is 11.6 Å². The van der Waals surface area contributed by atoms with Crippen molar-refractivity contribution in [3.8, 4) is 0 Å². The Kier molecular flexibility index (Phi) is 6.56. The van der Waals surface area contributed by atoms with E-state index < -0.39 is 10.0 Å². The first kappa shape index (κ1) is 20.9. The van der Waals surface area contributed by atoms with Gasteiger partial charge in [-0.1, -0.05) is 67.1 Å². The van der Waals surface area contributed by atoms with E-state index in [-0.39, 0.29) is 27.4 Å². The first-order valence-electron chi connectivity index (χ1n) is 9.14. The third-order valence-electron chi connectivity index (χ3n) is 4.42. The van der Waals surface area contributed by atoms with E-state index in [0.717, 1.165) is 5.56 Å². The third-order valence-corrected chi connectivity index (χ3v) is 6.29. The highest BCUT2D eigenvalue weighted by Gasteiger charge is 2.21. The van der Waals surface area contributed by atoms with E-state index in [1.54, 1.807) is 30.3 Å². The molecule has 0 saturated carbocycles. The predicted octanol–water partition coefficient (Wildman–Crippen LogP) is 5.02. The number of benzene rings is 3. The summed E-state index contributed by atoms with van der Waals surface area (Å²) >= 11 is 6.13. The fourth-order valence-electron chi connectivity index (χ4n) is 2.91. The molecule has 7 heteroatoms. The topological polar surface area (TPSA) is 75.3 Å². The van der Waals surface area contributed by atoms with Crippen molar-refractivity contribution in [2.45, 2.75) is 24.3 Å². The maximum absolute atomic E-state index is 12.8. The van der Waals surface area contributed by atoms with E-state index in [4.69, 9.17) is 11.6 Å². The average molecular weight is 429 g/mol. The molecule has 29 heavy (non-hydrogen) atoms. The molecule has 0 fully saturated rings. The number of carbonyl (C=O) groups excluding carboxylic acids is 1. The molecule has 0 saturated heterocycles. The number of carbonyl (C=O) groups is 1. The number of halogens is 1. The zero-order chi connectivity index (χ0) is 20.9. The molecule has 2 N–H and O–H groups in total.